The van der Waals surface area contributed by atoms with E-state index in [1.807, 2.05) is 41.2 Å². The second-order valence-corrected chi connectivity index (χ2v) is 11.8. The molecule has 0 aliphatic carbocycles. The van der Waals surface area contributed by atoms with Crippen molar-refractivity contribution in [3.63, 3.8) is 0 Å². The van der Waals surface area contributed by atoms with Crippen molar-refractivity contribution in [2.75, 3.05) is 24.5 Å². The molecule has 0 spiro atoms. The van der Waals surface area contributed by atoms with Gasteiger partial charge in [0, 0.05) is 49.2 Å². The Balaban J connectivity index is 1.70. The molecule has 2 aliphatic heterocycles. The van der Waals surface area contributed by atoms with Gasteiger partial charge in [0.1, 0.15) is 0 Å². The van der Waals surface area contributed by atoms with Crippen molar-refractivity contribution in [3.8, 4) is 0 Å². The van der Waals surface area contributed by atoms with Gasteiger partial charge in [-0.3, -0.25) is 14.5 Å². The number of thiazole rings is 1. The molecule has 2 aromatic rings. The third kappa shape index (κ3) is 6.54. The molecule has 1 fully saturated rings. The topological polar surface area (TPSA) is 56.8 Å². The number of para-hydroxylation sites is 1. The van der Waals surface area contributed by atoms with Crippen LogP contribution in [0.5, 0.6) is 0 Å². The fourth-order valence-corrected chi connectivity index (χ4v) is 6.34. The maximum Gasteiger partial charge on any atom is 0.228 e. The van der Waals surface area contributed by atoms with E-state index in [2.05, 4.69) is 35.9 Å². The van der Waals surface area contributed by atoms with Crippen molar-refractivity contribution < 1.29 is 9.59 Å². The first kappa shape index (κ1) is 26.8. The number of aryl methyl sites for hydroxylation is 1. The zero-order valence-corrected chi connectivity index (χ0v) is 23.2. The van der Waals surface area contributed by atoms with Crippen LogP contribution in [0.25, 0.3) is 0 Å². The lowest BCUT2D eigenvalue weighted by atomic mass is 9.92. The molecule has 196 valence electrons. The van der Waals surface area contributed by atoms with E-state index in [9.17, 15) is 9.59 Å². The molecule has 0 saturated carbocycles. The third-order valence-electron chi connectivity index (χ3n) is 7.69. The number of nitrogens with zero attached hydrogens (tertiary/aromatic N) is 4. The van der Waals surface area contributed by atoms with Crippen LogP contribution >= 0.6 is 11.3 Å². The summed E-state index contributed by atoms with van der Waals surface area (Å²) in [5.41, 5.74) is 2.86. The Bertz CT molecular complexity index is 1040. The number of fused-ring (bicyclic) bond motifs is 3. The molecule has 1 aromatic carbocycles. The normalized spacial score (nSPS) is 21.2. The molecule has 2 atom stereocenters. The first-order chi connectivity index (χ1) is 17.4. The fraction of sp³-hybridized carbons (Fsp3) is 0.621. The van der Waals surface area contributed by atoms with Gasteiger partial charge in [0.2, 0.25) is 11.8 Å². The summed E-state index contributed by atoms with van der Waals surface area (Å²) < 4.78 is 0. The standard InChI is InChI=1S/C29H42N4O2S/c1-5-28(34)33-16-14-25-10-8-11-26(32(25)15-13-21(2)3)19-31(18-23-9-6-7-12-27(23)33)29(35)17-24-20-36-22(4)30-24/h6-7,9,12,20-21,25-26H,5,8,10-11,13-19H2,1-4H3. The Morgan fingerprint density at radius 3 is 2.61 bits per heavy atom. The van der Waals surface area contributed by atoms with Crippen LogP contribution in [-0.2, 0) is 22.6 Å². The highest BCUT2D eigenvalue weighted by atomic mass is 32.1. The number of hydrogen-bond donors (Lipinski definition) is 0. The van der Waals surface area contributed by atoms with E-state index in [-0.39, 0.29) is 11.8 Å². The molecule has 6 nitrogen and oxygen atoms in total. The highest BCUT2D eigenvalue weighted by Gasteiger charge is 2.34. The van der Waals surface area contributed by atoms with E-state index in [1.54, 1.807) is 11.3 Å². The van der Waals surface area contributed by atoms with Crippen molar-refractivity contribution in [2.24, 2.45) is 5.92 Å². The van der Waals surface area contributed by atoms with E-state index < -0.39 is 0 Å². The fourth-order valence-electron chi connectivity index (χ4n) is 5.72. The highest BCUT2D eigenvalue weighted by Crippen LogP contribution is 2.31. The van der Waals surface area contributed by atoms with Gasteiger partial charge in [-0.1, -0.05) is 45.4 Å². The van der Waals surface area contributed by atoms with Crippen LogP contribution in [0.1, 0.15) is 75.6 Å². The van der Waals surface area contributed by atoms with Gasteiger partial charge < -0.3 is 9.80 Å². The van der Waals surface area contributed by atoms with Crippen molar-refractivity contribution >= 4 is 28.8 Å². The Morgan fingerprint density at radius 2 is 1.89 bits per heavy atom. The molecule has 1 saturated heterocycles. The van der Waals surface area contributed by atoms with Gasteiger partial charge in [-0.05, 0) is 56.7 Å². The van der Waals surface area contributed by atoms with Gasteiger partial charge in [-0.25, -0.2) is 4.98 Å². The van der Waals surface area contributed by atoms with Crippen LogP contribution < -0.4 is 4.90 Å². The van der Waals surface area contributed by atoms with Gasteiger partial charge in [0.05, 0.1) is 17.1 Å². The van der Waals surface area contributed by atoms with Gasteiger partial charge in [-0.2, -0.15) is 0 Å². The highest BCUT2D eigenvalue weighted by molar-refractivity contribution is 7.09. The second kappa shape index (κ2) is 12.3. The van der Waals surface area contributed by atoms with Gasteiger partial charge >= 0.3 is 0 Å². The van der Waals surface area contributed by atoms with Crippen LogP contribution in [-0.4, -0.2) is 58.3 Å². The molecule has 7 heteroatoms. The lowest BCUT2D eigenvalue weighted by Crippen LogP contribution is -2.53. The monoisotopic (exact) mass is 510 g/mol. The first-order valence-electron chi connectivity index (χ1n) is 13.7. The summed E-state index contributed by atoms with van der Waals surface area (Å²) in [6.07, 6.45) is 6.38. The average molecular weight is 511 g/mol. The minimum Gasteiger partial charge on any atom is -0.336 e. The number of aromatic nitrogens is 1. The number of piperidine rings is 1. The smallest absolute Gasteiger partial charge is 0.228 e. The molecule has 2 unspecified atom stereocenters. The quantitative estimate of drug-likeness (QED) is 0.519. The predicted molar refractivity (Wildman–Crippen MR) is 147 cm³/mol. The van der Waals surface area contributed by atoms with E-state index in [0.29, 0.717) is 37.4 Å². The van der Waals surface area contributed by atoms with Gasteiger partial charge in [-0.15, -0.1) is 11.3 Å². The van der Waals surface area contributed by atoms with Crippen LogP contribution in [0.4, 0.5) is 5.69 Å². The van der Waals surface area contributed by atoms with E-state index in [1.165, 1.54) is 6.42 Å². The Morgan fingerprint density at radius 1 is 1.11 bits per heavy atom. The number of carbonyl (C=O) groups excluding carboxylic acids is 2. The van der Waals surface area contributed by atoms with Crippen LogP contribution in [0, 0.1) is 12.8 Å². The summed E-state index contributed by atoms with van der Waals surface area (Å²) in [6, 6.07) is 8.95. The summed E-state index contributed by atoms with van der Waals surface area (Å²) in [7, 11) is 0. The number of rotatable bonds is 6. The summed E-state index contributed by atoms with van der Waals surface area (Å²) >= 11 is 1.59. The molecule has 3 heterocycles. The molecule has 2 aliphatic rings. The molecule has 0 radical (unpaired) electrons. The third-order valence-corrected chi connectivity index (χ3v) is 8.52. The first-order valence-corrected chi connectivity index (χ1v) is 14.6. The Hall–Kier alpha value is -2.25. The van der Waals surface area contributed by atoms with Gasteiger partial charge in [0.15, 0.2) is 0 Å². The molecule has 4 rings (SSSR count). The number of carbonyl (C=O) groups is 2. The molecule has 36 heavy (non-hydrogen) atoms. The van der Waals surface area contributed by atoms with Crippen molar-refractivity contribution in [1.29, 1.82) is 0 Å². The maximum absolute atomic E-state index is 13.7. The minimum absolute atomic E-state index is 0.119. The summed E-state index contributed by atoms with van der Waals surface area (Å²) in [4.78, 5) is 38.1. The number of anilines is 1. The van der Waals surface area contributed by atoms with Crippen LogP contribution in [0.15, 0.2) is 29.6 Å². The van der Waals surface area contributed by atoms with Gasteiger partial charge in [0.25, 0.3) is 0 Å². The molecule has 2 amide bonds. The summed E-state index contributed by atoms with van der Waals surface area (Å²) in [5, 5.41) is 2.99. The lowest BCUT2D eigenvalue weighted by Gasteiger charge is -2.44. The molecule has 2 bridgehead atoms. The summed E-state index contributed by atoms with van der Waals surface area (Å²) in [5.74, 6) is 0.907. The second-order valence-electron chi connectivity index (χ2n) is 10.8. The van der Waals surface area contributed by atoms with Crippen molar-refractivity contribution in [3.05, 3.63) is 45.9 Å². The average Bonchev–Trinajstić information content (AvgIpc) is 3.27. The minimum atomic E-state index is 0.119. The largest absolute Gasteiger partial charge is 0.336 e. The van der Waals surface area contributed by atoms with E-state index >= 15 is 0 Å². The Labute approximate surface area is 220 Å². The number of benzene rings is 1. The molecular weight excluding hydrogens is 468 g/mol. The zero-order chi connectivity index (χ0) is 25.7. The SMILES string of the molecule is CCC(=O)N1CCC2CCCC(CN(C(=O)Cc3csc(C)n3)Cc3ccccc31)N2CCC(C)C. The Kier molecular flexibility index (Phi) is 9.18. The number of hydrogen-bond acceptors (Lipinski definition) is 5. The van der Waals surface area contributed by atoms with Crippen LogP contribution in [0.3, 0.4) is 0 Å². The number of amides is 2. The van der Waals surface area contributed by atoms with Crippen molar-refractivity contribution in [1.82, 2.24) is 14.8 Å². The summed E-state index contributed by atoms with van der Waals surface area (Å²) in [6.45, 7) is 11.5. The van der Waals surface area contributed by atoms with E-state index in [4.69, 9.17) is 0 Å². The van der Waals surface area contributed by atoms with Crippen LogP contribution in [0.2, 0.25) is 0 Å². The predicted octanol–water partition coefficient (Wildman–Crippen LogP) is 5.44. The maximum atomic E-state index is 13.7. The van der Waals surface area contributed by atoms with Crippen molar-refractivity contribution in [2.45, 2.75) is 91.3 Å². The lowest BCUT2D eigenvalue weighted by molar-refractivity contribution is -0.132. The zero-order valence-electron chi connectivity index (χ0n) is 22.4. The molecular formula is C29H42N4O2S. The molecule has 0 N–H and O–H groups in total. The molecule has 1 aromatic heterocycles. The van der Waals surface area contributed by atoms with E-state index in [0.717, 1.165) is 67.3 Å².